The van der Waals surface area contributed by atoms with Crippen LogP contribution in [0, 0.1) is 0 Å². The van der Waals surface area contributed by atoms with Gasteiger partial charge in [-0.1, -0.05) is 51.5 Å². The van der Waals surface area contributed by atoms with E-state index in [0.717, 1.165) is 11.3 Å². The minimum atomic E-state index is -1.12. The largest absolute Gasteiger partial charge is 0.486 e. The van der Waals surface area contributed by atoms with Crippen molar-refractivity contribution in [3.8, 4) is 16.6 Å². The van der Waals surface area contributed by atoms with Crippen LogP contribution in [-0.4, -0.2) is 73.3 Å². The quantitative estimate of drug-likeness (QED) is 0.288. The molecule has 5 atom stereocenters. The van der Waals surface area contributed by atoms with Crippen LogP contribution in [0.4, 0.5) is 0 Å². The summed E-state index contributed by atoms with van der Waals surface area (Å²) >= 11 is 14.4. The predicted molar refractivity (Wildman–Crippen MR) is 141 cm³/mol. The number of thioether (sulfide) groups is 1. The summed E-state index contributed by atoms with van der Waals surface area (Å²) in [5, 5.41) is 20.1. The third-order valence-electron chi connectivity index (χ3n) is 5.39. The monoisotopic (exact) mass is 616 g/mol. The molecule has 3 aromatic rings. The highest BCUT2D eigenvalue weighted by molar-refractivity contribution is 7.99. The van der Waals surface area contributed by atoms with Crippen LogP contribution in [0.15, 0.2) is 34.7 Å². The number of rotatable bonds is 8. The number of benzene rings is 1. The van der Waals surface area contributed by atoms with Gasteiger partial charge in [0.15, 0.2) is 12.2 Å². The number of nitrogens with zero attached hydrogens (tertiary/aromatic N) is 4. The van der Waals surface area contributed by atoms with Crippen molar-refractivity contribution >= 4 is 64.2 Å². The molecule has 0 radical (unpaired) electrons. The lowest BCUT2D eigenvalue weighted by Gasteiger charge is -2.44. The standard InChI is InChI=1S/C23H22Cl2N4O8S2/c1-10(30)34-8-18-20(35-11(2)31)19(29-7-16(27-28-29)17-9-38-23(33)26-17)21(36-12(3)32)22(37-18)39-13-4-5-14(24)15(25)6-13/h4-7,9,18-22H,8H2,1-3H3,(H,26,33)/t18?,19?,20-,21-,22+/m0/s1. The van der Waals surface area contributed by atoms with Gasteiger partial charge in [-0.15, -0.1) is 5.10 Å². The van der Waals surface area contributed by atoms with Crippen molar-refractivity contribution in [2.45, 2.75) is 55.5 Å². The molecule has 1 aromatic carbocycles. The van der Waals surface area contributed by atoms with Gasteiger partial charge in [0.2, 0.25) is 0 Å². The molecule has 1 aliphatic rings. The molecule has 0 aliphatic carbocycles. The maximum Gasteiger partial charge on any atom is 0.303 e. The van der Waals surface area contributed by atoms with Gasteiger partial charge in [-0.25, -0.2) is 9.67 Å². The normalized spacial score (nSPS) is 22.7. The van der Waals surface area contributed by atoms with Crippen LogP contribution in [0.3, 0.4) is 0 Å². The van der Waals surface area contributed by atoms with Crippen LogP contribution >= 0.6 is 46.3 Å². The fourth-order valence-corrected chi connectivity index (χ4v) is 5.94. The Morgan fingerprint density at radius 2 is 1.79 bits per heavy atom. The van der Waals surface area contributed by atoms with Crippen molar-refractivity contribution in [3.05, 3.63) is 39.8 Å². The maximum atomic E-state index is 12.3. The number of hydrogen-bond acceptors (Lipinski definition) is 13. The van der Waals surface area contributed by atoms with Gasteiger partial charge in [0.1, 0.15) is 35.6 Å². The third kappa shape index (κ3) is 7.19. The van der Waals surface area contributed by atoms with E-state index in [9.17, 15) is 19.5 Å². The van der Waals surface area contributed by atoms with Gasteiger partial charge in [-0.05, 0) is 18.2 Å². The fourth-order valence-electron chi connectivity index (χ4n) is 3.88. The van der Waals surface area contributed by atoms with Gasteiger partial charge in [0, 0.05) is 31.0 Å². The molecule has 39 heavy (non-hydrogen) atoms. The molecule has 0 bridgehead atoms. The number of carbonyl (C=O) groups excluding carboxylic acids is 3. The second-order valence-electron chi connectivity index (χ2n) is 8.28. The van der Waals surface area contributed by atoms with E-state index in [1.54, 1.807) is 23.6 Å². The van der Waals surface area contributed by atoms with E-state index >= 15 is 0 Å². The van der Waals surface area contributed by atoms with Crippen molar-refractivity contribution in [2.75, 3.05) is 6.61 Å². The van der Waals surface area contributed by atoms with E-state index < -0.39 is 47.7 Å². The van der Waals surface area contributed by atoms with E-state index in [4.69, 9.17) is 42.1 Å². The first-order valence-electron chi connectivity index (χ1n) is 11.3. The van der Waals surface area contributed by atoms with Crippen LogP contribution in [0.2, 0.25) is 10.0 Å². The molecule has 16 heteroatoms. The summed E-state index contributed by atoms with van der Waals surface area (Å²) in [5.74, 6) is -1.85. The second kappa shape index (κ2) is 12.5. The lowest BCUT2D eigenvalue weighted by Crippen LogP contribution is -2.57. The average molecular weight is 617 g/mol. The van der Waals surface area contributed by atoms with Crippen LogP contribution in [0.5, 0.6) is 5.19 Å². The molecule has 0 amide bonds. The molecule has 1 aliphatic heterocycles. The minimum absolute atomic E-state index is 0.152. The fraction of sp³-hybridized carbons (Fsp3) is 0.391. The summed E-state index contributed by atoms with van der Waals surface area (Å²) in [6.45, 7) is 3.41. The zero-order chi connectivity index (χ0) is 28.3. The first-order valence-corrected chi connectivity index (χ1v) is 13.8. The highest BCUT2D eigenvalue weighted by atomic mass is 35.5. The summed E-state index contributed by atoms with van der Waals surface area (Å²) in [4.78, 5) is 40.7. The van der Waals surface area contributed by atoms with Crippen LogP contribution in [0.25, 0.3) is 11.4 Å². The Balaban J connectivity index is 1.79. The molecular weight excluding hydrogens is 595 g/mol. The van der Waals surface area contributed by atoms with Gasteiger partial charge >= 0.3 is 17.9 Å². The number of carbonyl (C=O) groups is 3. The zero-order valence-corrected chi connectivity index (χ0v) is 23.8. The molecule has 0 saturated carbocycles. The molecule has 2 unspecified atom stereocenters. The van der Waals surface area contributed by atoms with Gasteiger partial charge in [-0.2, -0.15) is 0 Å². The molecule has 4 rings (SSSR count). The number of ether oxygens (including phenoxy) is 4. The maximum absolute atomic E-state index is 12.3. The zero-order valence-electron chi connectivity index (χ0n) is 20.6. The SMILES string of the molecule is CC(=O)OCC1O[C@H](Sc2ccc(Cl)c(Cl)c2)[C@@H](OC(C)=O)C(n2cc(-c3csc(O)n3)nn2)[C@H]1OC(C)=O. The predicted octanol–water partition coefficient (Wildman–Crippen LogP) is 3.90. The number of thiazole rings is 1. The average Bonchev–Trinajstić information content (AvgIpc) is 3.50. The van der Waals surface area contributed by atoms with Crippen molar-refractivity contribution < 1.29 is 38.4 Å². The van der Waals surface area contributed by atoms with Crippen molar-refractivity contribution in [2.24, 2.45) is 0 Å². The molecule has 3 heterocycles. The third-order valence-corrected chi connectivity index (χ3v) is 7.91. The Bertz CT molecular complexity index is 1370. The summed E-state index contributed by atoms with van der Waals surface area (Å²) in [7, 11) is 0. The number of aromatic nitrogens is 4. The first-order chi connectivity index (χ1) is 18.5. The van der Waals surface area contributed by atoms with E-state index in [-0.39, 0.29) is 11.8 Å². The smallest absolute Gasteiger partial charge is 0.303 e. The van der Waals surface area contributed by atoms with E-state index in [0.29, 0.717) is 26.3 Å². The molecule has 1 N–H and O–H groups in total. The summed E-state index contributed by atoms with van der Waals surface area (Å²) in [6.07, 6.45) is -1.65. The van der Waals surface area contributed by atoms with Gasteiger partial charge < -0.3 is 24.1 Å². The molecular formula is C23H22Cl2N4O8S2. The van der Waals surface area contributed by atoms with E-state index in [1.807, 2.05) is 0 Å². The summed E-state index contributed by atoms with van der Waals surface area (Å²) < 4.78 is 24.2. The highest BCUT2D eigenvalue weighted by Crippen LogP contribution is 2.42. The Hall–Kier alpha value is -2.91. The highest BCUT2D eigenvalue weighted by Gasteiger charge is 2.52. The summed E-state index contributed by atoms with van der Waals surface area (Å²) in [6, 6.07) is 3.97. The molecule has 208 valence electrons. The number of esters is 3. The second-order valence-corrected chi connectivity index (χ2v) is 11.1. The van der Waals surface area contributed by atoms with Crippen molar-refractivity contribution in [1.82, 2.24) is 20.0 Å². The van der Waals surface area contributed by atoms with Gasteiger partial charge in [0.05, 0.1) is 16.2 Å². The van der Waals surface area contributed by atoms with Gasteiger partial charge in [0.25, 0.3) is 5.19 Å². The lowest BCUT2D eigenvalue weighted by molar-refractivity contribution is -0.212. The van der Waals surface area contributed by atoms with Gasteiger partial charge in [-0.3, -0.25) is 14.4 Å². The minimum Gasteiger partial charge on any atom is -0.486 e. The van der Waals surface area contributed by atoms with E-state index in [2.05, 4.69) is 15.3 Å². The first kappa shape index (κ1) is 29.1. The van der Waals surface area contributed by atoms with Crippen molar-refractivity contribution in [3.63, 3.8) is 0 Å². The number of aromatic hydroxyl groups is 1. The number of hydrogen-bond donors (Lipinski definition) is 1. The lowest BCUT2D eigenvalue weighted by atomic mass is 9.96. The molecule has 1 fully saturated rings. The Kier molecular flexibility index (Phi) is 9.33. The topological polar surface area (TPSA) is 152 Å². The Morgan fingerprint density at radius 1 is 1.08 bits per heavy atom. The molecule has 0 spiro atoms. The number of halogens is 2. The Labute approximate surface area is 240 Å². The van der Waals surface area contributed by atoms with Crippen LogP contribution < -0.4 is 0 Å². The summed E-state index contributed by atoms with van der Waals surface area (Å²) in [5.41, 5.74) is -0.229. The van der Waals surface area contributed by atoms with E-state index in [1.165, 1.54) is 43.4 Å². The Morgan fingerprint density at radius 3 is 2.41 bits per heavy atom. The molecule has 12 nitrogen and oxygen atoms in total. The van der Waals surface area contributed by atoms with Crippen LogP contribution in [-0.2, 0) is 33.3 Å². The van der Waals surface area contributed by atoms with Crippen LogP contribution in [0.1, 0.15) is 26.8 Å². The van der Waals surface area contributed by atoms with Crippen molar-refractivity contribution in [1.29, 1.82) is 0 Å². The molecule has 2 aromatic heterocycles. The molecule has 1 saturated heterocycles.